The molecule has 5 rings (SSSR count). The Morgan fingerprint density at radius 2 is 1.94 bits per heavy atom. The van der Waals surface area contributed by atoms with Gasteiger partial charge in [0.2, 0.25) is 5.88 Å². The van der Waals surface area contributed by atoms with Crippen molar-refractivity contribution in [2.75, 3.05) is 12.8 Å². The van der Waals surface area contributed by atoms with E-state index in [4.69, 9.17) is 10.5 Å². The second-order valence-electron chi connectivity index (χ2n) is 7.46. The van der Waals surface area contributed by atoms with Gasteiger partial charge in [0.25, 0.3) is 0 Å². The number of rotatable bonds is 6. The smallest absolute Gasteiger partial charge is 0.224 e. The van der Waals surface area contributed by atoms with Crippen LogP contribution in [0.5, 0.6) is 5.88 Å². The molecule has 0 saturated heterocycles. The fraction of sp³-hybridized carbons (Fsp3) is 0.182. The van der Waals surface area contributed by atoms with Crippen molar-refractivity contribution in [2.45, 2.75) is 19.4 Å². The molecule has 0 aliphatic carbocycles. The molecule has 0 aliphatic rings. The Labute approximate surface area is 192 Å². The predicted molar refractivity (Wildman–Crippen MR) is 119 cm³/mol. The highest BCUT2D eigenvalue weighted by molar-refractivity contribution is 6.01. The van der Waals surface area contributed by atoms with E-state index in [-0.39, 0.29) is 17.5 Å². The molecule has 1 atom stereocenters. The minimum atomic E-state index is -0.741. The number of methoxy groups -OCH3 is 1. The standard InChI is InChI=1S/C22H19F2N9O/c1-3-17(16-9-33(31-30-16)18-5-4-12(23)6-15(18)24)32-8-14(13-7-26-10-29-22(13)34-2)19-20(25)27-11-28-21(19)32/h4-11,17H,3H2,1-2H3,(H2,25,27,28). The van der Waals surface area contributed by atoms with Crippen molar-refractivity contribution in [3.63, 3.8) is 0 Å². The zero-order chi connectivity index (χ0) is 23.8. The van der Waals surface area contributed by atoms with E-state index in [1.54, 1.807) is 12.4 Å². The fourth-order valence-corrected chi connectivity index (χ4v) is 3.98. The predicted octanol–water partition coefficient (Wildman–Crippen LogP) is 3.34. The summed E-state index contributed by atoms with van der Waals surface area (Å²) in [4.78, 5) is 16.9. The summed E-state index contributed by atoms with van der Waals surface area (Å²) in [7, 11) is 1.52. The summed E-state index contributed by atoms with van der Waals surface area (Å²) < 4.78 is 36.2. The van der Waals surface area contributed by atoms with Crippen LogP contribution >= 0.6 is 0 Å². The van der Waals surface area contributed by atoms with Gasteiger partial charge in [0, 0.05) is 24.0 Å². The molecule has 172 valence electrons. The van der Waals surface area contributed by atoms with Gasteiger partial charge in [-0.05, 0) is 18.6 Å². The van der Waals surface area contributed by atoms with E-state index < -0.39 is 11.6 Å². The van der Waals surface area contributed by atoms with Gasteiger partial charge < -0.3 is 15.0 Å². The Balaban J connectivity index is 1.66. The first-order valence-electron chi connectivity index (χ1n) is 10.3. The summed E-state index contributed by atoms with van der Waals surface area (Å²) in [6, 6.07) is 2.95. The maximum atomic E-state index is 14.3. The Bertz CT molecular complexity index is 1500. The van der Waals surface area contributed by atoms with Crippen molar-refractivity contribution in [1.29, 1.82) is 0 Å². The normalized spacial score (nSPS) is 12.2. The zero-order valence-corrected chi connectivity index (χ0v) is 18.2. The molecule has 2 N–H and O–H groups in total. The van der Waals surface area contributed by atoms with Gasteiger partial charge >= 0.3 is 0 Å². The van der Waals surface area contributed by atoms with Crippen molar-refractivity contribution in [3.05, 3.63) is 66.8 Å². The topological polar surface area (TPSA) is 122 Å². The number of hydrogen-bond acceptors (Lipinski definition) is 8. The minimum Gasteiger partial charge on any atom is -0.480 e. The van der Waals surface area contributed by atoms with Gasteiger partial charge in [0.05, 0.1) is 30.3 Å². The third-order valence-electron chi connectivity index (χ3n) is 5.53. The number of aromatic nitrogens is 8. The number of fused-ring (bicyclic) bond motifs is 1. The number of benzene rings is 1. The first kappa shape index (κ1) is 21.4. The SMILES string of the molecule is CCC(c1cn(-c2ccc(F)cc2F)nn1)n1cc(-c2cncnc2OC)c2c(N)ncnc21. The second kappa shape index (κ2) is 8.46. The Morgan fingerprint density at radius 1 is 1.09 bits per heavy atom. The molecule has 5 aromatic rings. The van der Waals surface area contributed by atoms with Crippen LogP contribution in [-0.2, 0) is 0 Å². The quantitative estimate of drug-likeness (QED) is 0.407. The van der Waals surface area contributed by atoms with E-state index >= 15 is 0 Å². The molecule has 1 aromatic carbocycles. The molecular formula is C22H19F2N9O. The maximum Gasteiger partial charge on any atom is 0.224 e. The molecule has 0 spiro atoms. The Kier molecular flexibility index (Phi) is 5.32. The largest absolute Gasteiger partial charge is 0.480 e. The molecule has 0 radical (unpaired) electrons. The molecule has 0 amide bonds. The number of anilines is 1. The molecular weight excluding hydrogens is 444 g/mol. The van der Waals surface area contributed by atoms with Crippen LogP contribution in [0.4, 0.5) is 14.6 Å². The van der Waals surface area contributed by atoms with Gasteiger partial charge in [-0.1, -0.05) is 12.1 Å². The Morgan fingerprint density at radius 3 is 2.71 bits per heavy atom. The first-order valence-corrected chi connectivity index (χ1v) is 10.3. The fourth-order valence-electron chi connectivity index (χ4n) is 3.98. The van der Waals surface area contributed by atoms with Gasteiger partial charge in [-0.25, -0.2) is 33.4 Å². The molecule has 4 heterocycles. The lowest BCUT2D eigenvalue weighted by Gasteiger charge is -2.15. The number of nitrogens with zero attached hydrogens (tertiary/aromatic N) is 8. The summed E-state index contributed by atoms with van der Waals surface area (Å²) in [5, 5.41) is 8.93. The number of ether oxygens (including phenoxy) is 1. The van der Waals surface area contributed by atoms with E-state index in [0.717, 1.165) is 12.1 Å². The van der Waals surface area contributed by atoms with E-state index in [0.29, 0.717) is 40.2 Å². The first-order chi connectivity index (χ1) is 16.5. The molecule has 0 saturated carbocycles. The lowest BCUT2D eigenvalue weighted by molar-refractivity contribution is 0.398. The summed E-state index contributed by atoms with van der Waals surface area (Å²) in [6.07, 6.45) is 8.48. The average molecular weight is 463 g/mol. The molecule has 10 nitrogen and oxygen atoms in total. The maximum absolute atomic E-state index is 14.3. The highest BCUT2D eigenvalue weighted by Crippen LogP contribution is 2.38. The van der Waals surface area contributed by atoms with Crippen LogP contribution in [0.15, 0.2) is 49.4 Å². The average Bonchev–Trinajstić information content (AvgIpc) is 3.46. The van der Waals surface area contributed by atoms with Crippen molar-refractivity contribution < 1.29 is 13.5 Å². The third-order valence-corrected chi connectivity index (χ3v) is 5.53. The van der Waals surface area contributed by atoms with Gasteiger partial charge in [-0.3, -0.25) is 0 Å². The molecule has 0 aliphatic heterocycles. The molecule has 0 fully saturated rings. The van der Waals surface area contributed by atoms with E-state index in [1.165, 1.54) is 30.5 Å². The van der Waals surface area contributed by atoms with E-state index in [9.17, 15) is 8.78 Å². The van der Waals surface area contributed by atoms with Crippen molar-refractivity contribution in [3.8, 4) is 22.7 Å². The van der Waals surface area contributed by atoms with Crippen LogP contribution in [0.25, 0.3) is 27.8 Å². The van der Waals surface area contributed by atoms with Crippen LogP contribution in [0, 0.1) is 11.6 Å². The molecule has 4 aromatic heterocycles. The van der Waals surface area contributed by atoms with E-state index in [1.807, 2.05) is 17.7 Å². The lowest BCUT2D eigenvalue weighted by atomic mass is 10.1. The number of halogens is 2. The minimum absolute atomic E-state index is 0.0887. The molecule has 34 heavy (non-hydrogen) atoms. The monoisotopic (exact) mass is 463 g/mol. The summed E-state index contributed by atoms with van der Waals surface area (Å²) in [5.74, 6) is -0.744. The third kappa shape index (κ3) is 3.49. The van der Waals surface area contributed by atoms with Gasteiger partial charge in [0.15, 0.2) is 5.82 Å². The lowest BCUT2D eigenvalue weighted by Crippen LogP contribution is -2.10. The highest BCUT2D eigenvalue weighted by atomic mass is 19.1. The Hall–Kier alpha value is -4.48. The zero-order valence-electron chi connectivity index (χ0n) is 18.2. The number of nitrogens with two attached hydrogens (primary N) is 1. The van der Waals surface area contributed by atoms with Gasteiger partial charge in [-0.2, -0.15) is 0 Å². The van der Waals surface area contributed by atoms with Crippen LogP contribution in [0.1, 0.15) is 25.1 Å². The van der Waals surface area contributed by atoms with E-state index in [2.05, 4.69) is 30.2 Å². The van der Waals surface area contributed by atoms with Gasteiger partial charge in [0.1, 0.15) is 41.3 Å². The van der Waals surface area contributed by atoms with Crippen LogP contribution < -0.4 is 10.5 Å². The summed E-state index contributed by atoms with van der Waals surface area (Å²) in [5.41, 5.74) is 8.78. The van der Waals surface area contributed by atoms with Crippen molar-refractivity contribution in [1.82, 2.24) is 39.5 Å². The summed E-state index contributed by atoms with van der Waals surface area (Å²) in [6.45, 7) is 1.98. The van der Waals surface area contributed by atoms with Gasteiger partial charge in [-0.15, -0.1) is 5.10 Å². The van der Waals surface area contributed by atoms with Crippen molar-refractivity contribution >= 4 is 16.9 Å². The van der Waals surface area contributed by atoms with Crippen LogP contribution in [0.3, 0.4) is 0 Å². The van der Waals surface area contributed by atoms with Crippen LogP contribution in [0.2, 0.25) is 0 Å². The molecule has 0 bridgehead atoms. The molecule has 1 unspecified atom stereocenters. The molecule has 12 heteroatoms. The number of nitrogen functional groups attached to an aromatic ring is 1. The van der Waals surface area contributed by atoms with Crippen LogP contribution in [-0.4, -0.2) is 46.6 Å². The van der Waals surface area contributed by atoms with Crippen molar-refractivity contribution in [2.24, 2.45) is 0 Å². The number of hydrogen-bond donors (Lipinski definition) is 1. The highest BCUT2D eigenvalue weighted by Gasteiger charge is 2.24. The second-order valence-corrected chi connectivity index (χ2v) is 7.46. The summed E-state index contributed by atoms with van der Waals surface area (Å²) >= 11 is 0.